The van der Waals surface area contributed by atoms with Crippen molar-refractivity contribution >= 4 is 11.9 Å². The molecule has 0 atom stereocenters. The Morgan fingerprint density at radius 1 is 1.05 bits per heavy atom. The summed E-state index contributed by atoms with van der Waals surface area (Å²) < 4.78 is 10.2. The first-order valence-corrected chi connectivity index (χ1v) is 6.51. The monoisotopic (exact) mass is 300 g/mol. The summed E-state index contributed by atoms with van der Waals surface area (Å²) >= 11 is 0. The molecule has 0 bridgehead atoms. The van der Waals surface area contributed by atoms with Crippen LogP contribution < -0.4 is 9.47 Å². The smallest absolute Gasteiger partial charge is 0.185 e. The minimum Gasteiger partial charge on any atom is -0.508 e. The number of hydrogen-bond acceptors (Lipinski definition) is 5. The summed E-state index contributed by atoms with van der Waals surface area (Å²) in [5, 5.41) is 19.2. The van der Waals surface area contributed by atoms with Gasteiger partial charge in [0.2, 0.25) is 0 Å². The van der Waals surface area contributed by atoms with E-state index >= 15 is 0 Å². The molecule has 0 fully saturated rings. The molecule has 2 N–H and O–H groups in total. The lowest BCUT2D eigenvalue weighted by Gasteiger charge is -2.09. The molecule has 114 valence electrons. The summed E-state index contributed by atoms with van der Waals surface area (Å²) in [5.41, 5.74) is 0.816. The Morgan fingerprint density at radius 3 is 2.32 bits per heavy atom. The molecule has 5 nitrogen and oxygen atoms in total. The first-order valence-electron chi connectivity index (χ1n) is 6.51. The number of methoxy groups -OCH3 is 2. The summed E-state index contributed by atoms with van der Waals surface area (Å²) in [4.78, 5) is 12.0. The van der Waals surface area contributed by atoms with Crippen molar-refractivity contribution < 1.29 is 24.5 Å². The fourth-order valence-corrected chi connectivity index (χ4v) is 1.92. The minimum atomic E-state index is -0.253. The molecular formula is C17H16O5. The highest BCUT2D eigenvalue weighted by Crippen LogP contribution is 2.34. The zero-order chi connectivity index (χ0) is 16.1. The molecule has 0 aliphatic carbocycles. The molecule has 0 aromatic heterocycles. The van der Waals surface area contributed by atoms with Gasteiger partial charge in [-0.1, -0.05) is 0 Å². The lowest BCUT2D eigenvalue weighted by Crippen LogP contribution is -1.94. The minimum absolute atomic E-state index is 0.0500. The Bertz CT molecular complexity index is 702. The van der Waals surface area contributed by atoms with Crippen LogP contribution in [0, 0.1) is 0 Å². The Kier molecular flexibility index (Phi) is 4.68. The largest absolute Gasteiger partial charge is 0.508 e. The average molecular weight is 300 g/mol. The number of carbonyl (C=O) groups is 1. The lowest BCUT2D eigenvalue weighted by molar-refractivity contribution is 0.104. The summed E-state index contributed by atoms with van der Waals surface area (Å²) in [6.07, 6.45) is 2.80. The van der Waals surface area contributed by atoms with Crippen molar-refractivity contribution in [2.75, 3.05) is 14.2 Å². The van der Waals surface area contributed by atoms with Crippen molar-refractivity contribution in [3.63, 3.8) is 0 Å². The van der Waals surface area contributed by atoms with Gasteiger partial charge in [-0.3, -0.25) is 4.79 Å². The van der Waals surface area contributed by atoms with Crippen LogP contribution in [-0.2, 0) is 0 Å². The number of carbonyl (C=O) groups excluding carboxylic acids is 1. The molecule has 22 heavy (non-hydrogen) atoms. The summed E-state index contributed by atoms with van der Waals surface area (Å²) in [7, 11) is 2.95. The van der Waals surface area contributed by atoms with Gasteiger partial charge < -0.3 is 19.7 Å². The number of ether oxygens (including phenoxy) is 2. The third-order valence-corrected chi connectivity index (χ3v) is 3.10. The fourth-order valence-electron chi connectivity index (χ4n) is 1.92. The maximum Gasteiger partial charge on any atom is 0.185 e. The van der Waals surface area contributed by atoms with Gasteiger partial charge in [-0.05, 0) is 36.4 Å². The molecule has 2 rings (SSSR count). The third kappa shape index (κ3) is 3.38. The number of phenolic OH excluding ortho intramolecular Hbond substituents is 2. The van der Waals surface area contributed by atoms with Crippen LogP contribution in [0.25, 0.3) is 6.08 Å². The van der Waals surface area contributed by atoms with Crippen LogP contribution in [-0.4, -0.2) is 30.2 Å². The number of aromatic hydroxyl groups is 2. The Hall–Kier alpha value is -2.95. The number of ketones is 1. The topological polar surface area (TPSA) is 76.0 Å². The van der Waals surface area contributed by atoms with Crippen LogP contribution in [0.1, 0.15) is 15.9 Å². The third-order valence-electron chi connectivity index (χ3n) is 3.10. The number of allylic oxidation sites excluding steroid dienone is 1. The van der Waals surface area contributed by atoms with Gasteiger partial charge >= 0.3 is 0 Å². The molecule has 0 amide bonds. The lowest BCUT2D eigenvalue weighted by atomic mass is 10.1. The fraction of sp³-hybridized carbons (Fsp3) is 0.118. The predicted octanol–water partition coefficient (Wildman–Crippen LogP) is 3.01. The van der Waals surface area contributed by atoms with E-state index in [1.54, 1.807) is 6.07 Å². The average Bonchev–Trinajstić information content (AvgIpc) is 2.53. The van der Waals surface area contributed by atoms with Crippen LogP contribution in [0.2, 0.25) is 0 Å². The second-order valence-electron chi connectivity index (χ2n) is 4.51. The van der Waals surface area contributed by atoms with Crippen molar-refractivity contribution in [1.82, 2.24) is 0 Å². The molecule has 0 heterocycles. The number of benzene rings is 2. The molecular weight excluding hydrogens is 284 g/mol. The molecule has 2 aromatic rings. The summed E-state index contributed by atoms with van der Waals surface area (Å²) in [5.74, 6) is 0.640. The molecule has 0 spiro atoms. The van der Waals surface area contributed by atoms with Gasteiger partial charge in [0.1, 0.15) is 23.0 Å². The molecule has 0 saturated carbocycles. The van der Waals surface area contributed by atoms with Crippen LogP contribution in [0.3, 0.4) is 0 Å². The molecule has 0 unspecified atom stereocenters. The molecule has 0 aliphatic heterocycles. The van der Waals surface area contributed by atoms with Crippen molar-refractivity contribution in [3.05, 3.63) is 53.6 Å². The maximum atomic E-state index is 12.0. The quantitative estimate of drug-likeness (QED) is 0.655. The van der Waals surface area contributed by atoms with Crippen molar-refractivity contribution in [2.45, 2.75) is 0 Å². The Balaban J connectivity index is 2.29. The second-order valence-corrected chi connectivity index (χ2v) is 4.51. The van der Waals surface area contributed by atoms with Crippen LogP contribution in [0.4, 0.5) is 0 Å². The molecule has 0 saturated heterocycles. The SMILES string of the molecule is COc1cc(O)c(C=CC(=O)c2ccc(O)cc2)c(OC)c1. The number of hydrogen-bond donors (Lipinski definition) is 2. The molecule has 2 aromatic carbocycles. The van der Waals surface area contributed by atoms with Crippen molar-refractivity contribution in [2.24, 2.45) is 0 Å². The summed E-state index contributed by atoms with van der Waals surface area (Å²) in [6.45, 7) is 0. The Labute approximate surface area is 128 Å². The van der Waals surface area contributed by atoms with Crippen molar-refractivity contribution in [1.29, 1.82) is 0 Å². The predicted molar refractivity (Wildman–Crippen MR) is 82.7 cm³/mol. The number of rotatable bonds is 5. The van der Waals surface area contributed by atoms with E-state index in [9.17, 15) is 15.0 Å². The van der Waals surface area contributed by atoms with E-state index < -0.39 is 0 Å². The molecule has 0 radical (unpaired) electrons. The maximum absolute atomic E-state index is 12.0. The van der Waals surface area contributed by atoms with E-state index in [1.807, 2.05) is 0 Å². The van der Waals surface area contributed by atoms with Gasteiger partial charge in [0.15, 0.2) is 5.78 Å². The summed E-state index contributed by atoms with van der Waals surface area (Å²) in [6, 6.07) is 8.97. The molecule has 0 aliphatic rings. The first kappa shape index (κ1) is 15.4. The standard InChI is InChI=1S/C17H16O5/c1-21-13-9-16(20)14(17(10-13)22-2)7-8-15(19)11-3-5-12(18)6-4-11/h3-10,18,20H,1-2H3. The first-order chi connectivity index (χ1) is 10.5. The highest BCUT2D eigenvalue weighted by Gasteiger charge is 2.10. The van der Waals surface area contributed by atoms with Crippen molar-refractivity contribution in [3.8, 4) is 23.0 Å². The van der Waals surface area contributed by atoms with E-state index in [0.29, 0.717) is 22.6 Å². The van der Waals surface area contributed by atoms with E-state index in [4.69, 9.17) is 9.47 Å². The van der Waals surface area contributed by atoms with Gasteiger partial charge in [-0.15, -0.1) is 0 Å². The molecule has 5 heteroatoms. The van der Waals surface area contributed by atoms with Crippen LogP contribution in [0.5, 0.6) is 23.0 Å². The second kappa shape index (κ2) is 6.67. The number of phenols is 2. The van der Waals surface area contributed by atoms with E-state index in [2.05, 4.69) is 0 Å². The zero-order valence-electron chi connectivity index (χ0n) is 12.2. The van der Waals surface area contributed by atoms with Gasteiger partial charge in [0.05, 0.1) is 19.8 Å². The van der Waals surface area contributed by atoms with E-state index in [0.717, 1.165) is 0 Å². The van der Waals surface area contributed by atoms with Gasteiger partial charge in [-0.25, -0.2) is 0 Å². The normalized spacial score (nSPS) is 10.6. The highest BCUT2D eigenvalue weighted by atomic mass is 16.5. The zero-order valence-corrected chi connectivity index (χ0v) is 12.2. The highest BCUT2D eigenvalue weighted by molar-refractivity contribution is 6.07. The van der Waals surface area contributed by atoms with Crippen LogP contribution >= 0.6 is 0 Å². The van der Waals surface area contributed by atoms with E-state index in [1.165, 1.54) is 56.7 Å². The van der Waals surface area contributed by atoms with E-state index in [-0.39, 0.29) is 17.3 Å². The Morgan fingerprint density at radius 2 is 1.73 bits per heavy atom. The van der Waals surface area contributed by atoms with Crippen LogP contribution in [0.15, 0.2) is 42.5 Å². The van der Waals surface area contributed by atoms with Gasteiger partial charge in [0, 0.05) is 17.7 Å². The van der Waals surface area contributed by atoms with Gasteiger partial charge in [0.25, 0.3) is 0 Å². The van der Waals surface area contributed by atoms with Gasteiger partial charge in [-0.2, -0.15) is 0 Å².